The van der Waals surface area contributed by atoms with Crippen LogP contribution in [0.25, 0.3) is 22.2 Å². The van der Waals surface area contributed by atoms with Crippen LogP contribution in [-0.2, 0) is 9.47 Å². The molecule has 3 fully saturated rings. The standard InChI is InChI=1S/C28H35N5O4/c1-27(2,3)37-26(34)32-12-9-19(14-32)33-15-22(23-24(29)30-17-31-25(23)33)18-5-4-6-21(13-18)35-16-28-10-7-20(36-28)8-11-28/h4-6,13,15,17,19-20H,7-12,14,16H2,1-3H3,(H2,29,30,31)/t19-,20?,28?/m1/s1. The van der Waals surface area contributed by atoms with Gasteiger partial charge in [0.15, 0.2) is 0 Å². The van der Waals surface area contributed by atoms with Crippen molar-refractivity contribution in [2.75, 3.05) is 25.4 Å². The summed E-state index contributed by atoms with van der Waals surface area (Å²) >= 11 is 0. The van der Waals surface area contributed by atoms with Crippen molar-refractivity contribution in [1.82, 2.24) is 19.4 Å². The van der Waals surface area contributed by atoms with E-state index in [9.17, 15) is 4.79 Å². The average Bonchev–Trinajstić information content (AvgIpc) is 3.65. The monoisotopic (exact) mass is 505 g/mol. The van der Waals surface area contributed by atoms with Crippen LogP contribution < -0.4 is 10.5 Å². The van der Waals surface area contributed by atoms with Gasteiger partial charge in [0.1, 0.15) is 41.4 Å². The molecule has 3 saturated heterocycles. The summed E-state index contributed by atoms with van der Waals surface area (Å²) in [6, 6.07) is 8.14. The Morgan fingerprint density at radius 2 is 2.03 bits per heavy atom. The number of aromatic nitrogens is 3. The average molecular weight is 506 g/mol. The van der Waals surface area contributed by atoms with Gasteiger partial charge >= 0.3 is 6.09 Å². The summed E-state index contributed by atoms with van der Waals surface area (Å²) in [4.78, 5) is 23.3. The maximum Gasteiger partial charge on any atom is 0.410 e. The molecule has 1 atom stereocenters. The summed E-state index contributed by atoms with van der Waals surface area (Å²) in [7, 11) is 0. The van der Waals surface area contributed by atoms with Crippen molar-refractivity contribution in [3.8, 4) is 16.9 Å². The third-order valence-corrected chi connectivity index (χ3v) is 7.75. The van der Waals surface area contributed by atoms with Crippen LogP contribution in [0.2, 0.25) is 0 Å². The summed E-state index contributed by atoms with van der Waals surface area (Å²) in [5.74, 6) is 1.24. The lowest BCUT2D eigenvalue weighted by Crippen LogP contribution is -2.35. The molecule has 9 nitrogen and oxygen atoms in total. The largest absolute Gasteiger partial charge is 0.491 e. The molecule has 0 aliphatic carbocycles. The quantitative estimate of drug-likeness (QED) is 0.523. The highest BCUT2D eigenvalue weighted by molar-refractivity contribution is 6.00. The second-order valence-electron chi connectivity index (χ2n) is 11.6. The fraction of sp³-hybridized carbons (Fsp3) is 0.536. The second kappa shape index (κ2) is 8.90. The van der Waals surface area contributed by atoms with Crippen molar-refractivity contribution in [2.24, 2.45) is 0 Å². The number of hydrogen-bond donors (Lipinski definition) is 1. The van der Waals surface area contributed by atoms with E-state index in [1.165, 1.54) is 6.33 Å². The molecule has 37 heavy (non-hydrogen) atoms. The van der Waals surface area contributed by atoms with E-state index >= 15 is 0 Å². The highest BCUT2D eigenvalue weighted by Crippen LogP contribution is 2.44. The number of amides is 1. The number of hydrogen-bond acceptors (Lipinski definition) is 7. The Hall–Kier alpha value is -3.33. The molecule has 6 rings (SSSR count). The molecule has 196 valence electrons. The zero-order chi connectivity index (χ0) is 25.8. The number of nitrogens with two attached hydrogens (primary N) is 1. The number of benzene rings is 1. The van der Waals surface area contributed by atoms with E-state index in [4.69, 9.17) is 19.9 Å². The third-order valence-electron chi connectivity index (χ3n) is 7.75. The molecule has 1 amide bonds. The topological polar surface area (TPSA) is 105 Å². The Morgan fingerprint density at radius 1 is 1.22 bits per heavy atom. The highest BCUT2D eigenvalue weighted by atomic mass is 16.6. The van der Waals surface area contributed by atoms with E-state index in [0.717, 1.165) is 60.0 Å². The van der Waals surface area contributed by atoms with Gasteiger partial charge in [-0.1, -0.05) is 12.1 Å². The first kappa shape index (κ1) is 24.0. The van der Waals surface area contributed by atoms with Crippen LogP contribution >= 0.6 is 0 Å². The van der Waals surface area contributed by atoms with Gasteiger partial charge < -0.3 is 29.4 Å². The lowest BCUT2D eigenvalue weighted by atomic mass is 9.89. The van der Waals surface area contributed by atoms with Gasteiger partial charge in [0.25, 0.3) is 0 Å². The Kier molecular flexibility index (Phi) is 5.78. The summed E-state index contributed by atoms with van der Waals surface area (Å²) in [6.45, 7) is 7.39. The number of nitrogens with zero attached hydrogens (tertiary/aromatic N) is 4. The van der Waals surface area contributed by atoms with Gasteiger partial charge in [-0.2, -0.15) is 0 Å². The van der Waals surface area contributed by atoms with E-state index in [0.29, 0.717) is 31.6 Å². The van der Waals surface area contributed by atoms with E-state index < -0.39 is 5.60 Å². The van der Waals surface area contributed by atoms with E-state index in [-0.39, 0.29) is 17.7 Å². The molecule has 1 aromatic carbocycles. The smallest absolute Gasteiger partial charge is 0.410 e. The Balaban J connectivity index is 1.27. The summed E-state index contributed by atoms with van der Waals surface area (Å²) in [5, 5.41) is 0.812. The molecule has 0 radical (unpaired) electrons. The second-order valence-corrected chi connectivity index (χ2v) is 11.6. The first-order valence-electron chi connectivity index (χ1n) is 13.2. The summed E-state index contributed by atoms with van der Waals surface area (Å²) in [5.41, 5.74) is 8.42. The molecule has 2 aromatic heterocycles. The van der Waals surface area contributed by atoms with Crippen molar-refractivity contribution >= 4 is 22.9 Å². The van der Waals surface area contributed by atoms with Crippen molar-refractivity contribution in [3.05, 3.63) is 36.8 Å². The third kappa shape index (κ3) is 4.61. The minimum atomic E-state index is -0.528. The van der Waals surface area contributed by atoms with E-state index in [1.54, 1.807) is 4.90 Å². The van der Waals surface area contributed by atoms with Crippen LogP contribution in [0.1, 0.15) is 58.9 Å². The number of likely N-dealkylation sites (tertiary alicyclic amines) is 1. The van der Waals surface area contributed by atoms with Crippen LogP contribution in [0, 0.1) is 0 Å². The lowest BCUT2D eigenvalue weighted by molar-refractivity contribution is -0.0198. The zero-order valence-corrected chi connectivity index (χ0v) is 21.8. The molecule has 3 aliphatic rings. The lowest BCUT2D eigenvalue weighted by Gasteiger charge is -2.24. The van der Waals surface area contributed by atoms with Gasteiger partial charge in [0.2, 0.25) is 0 Å². The maximum absolute atomic E-state index is 12.6. The fourth-order valence-corrected chi connectivity index (χ4v) is 5.92. The Labute approximate surface area is 216 Å². The van der Waals surface area contributed by atoms with Crippen molar-refractivity contribution < 1.29 is 19.0 Å². The molecule has 2 N–H and O–H groups in total. The highest BCUT2D eigenvalue weighted by Gasteiger charge is 2.46. The summed E-state index contributed by atoms with van der Waals surface area (Å²) in [6.07, 6.45) is 8.91. The molecule has 3 aliphatic heterocycles. The van der Waals surface area contributed by atoms with Gasteiger partial charge in [-0.15, -0.1) is 0 Å². The predicted molar refractivity (Wildman–Crippen MR) is 140 cm³/mol. The van der Waals surface area contributed by atoms with Gasteiger partial charge in [-0.05, 0) is 70.6 Å². The molecule has 0 unspecified atom stereocenters. The number of rotatable bonds is 5. The summed E-state index contributed by atoms with van der Waals surface area (Å²) < 4.78 is 20.2. The molecular formula is C28H35N5O4. The fourth-order valence-electron chi connectivity index (χ4n) is 5.92. The SMILES string of the molecule is CC(C)(C)OC(=O)N1CC[C@@H](n2cc(-c3cccc(OCC45CCC(CC4)O5)c3)c3c(N)ncnc32)C1. The number of ether oxygens (including phenoxy) is 3. The van der Waals surface area contributed by atoms with Crippen molar-refractivity contribution in [3.63, 3.8) is 0 Å². The molecule has 9 heteroatoms. The molecular weight excluding hydrogens is 470 g/mol. The van der Waals surface area contributed by atoms with Gasteiger partial charge in [-0.3, -0.25) is 0 Å². The van der Waals surface area contributed by atoms with Crippen LogP contribution in [0.4, 0.5) is 10.6 Å². The Morgan fingerprint density at radius 3 is 2.76 bits per heavy atom. The van der Waals surface area contributed by atoms with Crippen LogP contribution in [-0.4, -0.2) is 62.5 Å². The first-order valence-corrected chi connectivity index (χ1v) is 13.2. The molecule has 0 saturated carbocycles. The Bertz CT molecular complexity index is 1320. The first-order chi connectivity index (χ1) is 17.7. The number of carbonyl (C=O) groups is 1. The van der Waals surface area contributed by atoms with Gasteiger partial charge in [0.05, 0.1) is 17.5 Å². The maximum atomic E-state index is 12.6. The molecule has 3 aromatic rings. The predicted octanol–water partition coefficient (Wildman–Crippen LogP) is 4.95. The minimum Gasteiger partial charge on any atom is -0.491 e. The van der Waals surface area contributed by atoms with Crippen LogP contribution in [0.15, 0.2) is 36.8 Å². The zero-order valence-electron chi connectivity index (χ0n) is 21.8. The van der Waals surface area contributed by atoms with Crippen molar-refractivity contribution in [2.45, 2.75) is 76.2 Å². The van der Waals surface area contributed by atoms with Gasteiger partial charge in [-0.25, -0.2) is 14.8 Å². The number of nitrogen functional groups attached to an aromatic ring is 1. The van der Waals surface area contributed by atoms with Crippen molar-refractivity contribution in [1.29, 1.82) is 0 Å². The molecule has 2 bridgehead atoms. The molecule has 0 spiro atoms. The number of anilines is 1. The number of carbonyl (C=O) groups excluding carboxylic acids is 1. The van der Waals surface area contributed by atoms with Gasteiger partial charge in [0, 0.05) is 24.8 Å². The number of fused-ring (bicyclic) bond motifs is 3. The van der Waals surface area contributed by atoms with Crippen LogP contribution in [0.5, 0.6) is 5.75 Å². The van der Waals surface area contributed by atoms with E-state index in [1.807, 2.05) is 39.0 Å². The minimum absolute atomic E-state index is 0.0615. The normalized spacial score (nSPS) is 25.2. The van der Waals surface area contributed by atoms with E-state index in [2.05, 4.69) is 26.8 Å². The van der Waals surface area contributed by atoms with Crippen LogP contribution in [0.3, 0.4) is 0 Å². The molecule has 5 heterocycles.